The van der Waals surface area contributed by atoms with Crippen LogP contribution in [0.1, 0.15) is 46.5 Å². The van der Waals surface area contributed by atoms with Crippen LogP contribution in [0, 0.1) is 11.3 Å². The van der Waals surface area contributed by atoms with Gasteiger partial charge in [0.15, 0.2) is 0 Å². The lowest BCUT2D eigenvalue weighted by Gasteiger charge is -2.18. The minimum atomic E-state index is 0.293. The molecule has 2 aliphatic rings. The molecule has 0 aromatic carbocycles. The lowest BCUT2D eigenvalue weighted by Crippen LogP contribution is -2.05. The molecule has 0 aromatic rings. The molecule has 0 spiro atoms. The molecule has 2 aliphatic carbocycles. The Labute approximate surface area is 93.8 Å². The van der Waals surface area contributed by atoms with Crippen LogP contribution in [0.3, 0.4) is 0 Å². The van der Waals surface area contributed by atoms with Crippen LogP contribution in [-0.2, 0) is 0 Å². The van der Waals surface area contributed by atoms with Gasteiger partial charge in [-0.05, 0) is 35.3 Å². The minimum Gasteiger partial charge on any atom is -0.0741 e. The summed E-state index contributed by atoms with van der Waals surface area (Å²) < 4.78 is 0. The third-order valence-corrected chi connectivity index (χ3v) is 3.47. The standard InChI is InChI=1S/C15H22/c1-15(2,3)14-9-8-13(11-14)10-12-6-4-5-7-12/h8-12H,4-7H2,1-3H3/b13-10-. The summed E-state index contributed by atoms with van der Waals surface area (Å²) in [6.07, 6.45) is 15.0. The van der Waals surface area contributed by atoms with Crippen LogP contribution in [0.15, 0.2) is 35.5 Å². The summed E-state index contributed by atoms with van der Waals surface area (Å²) in [6, 6.07) is 0. The monoisotopic (exact) mass is 202 g/mol. The summed E-state index contributed by atoms with van der Waals surface area (Å²) in [4.78, 5) is 0. The molecule has 1 saturated carbocycles. The molecule has 0 saturated heterocycles. The first kappa shape index (κ1) is 10.7. The van der Waals surface area contributed by atoms with Crippen LogP contribution in [0.2, 0.25) is 0 Å². The molecule has 0 aromatic heterocycles. The Hall–Kier alpha value is -0.780. The van der Waals surface area contributed by atoms with E-state index < -0.39 is 0 Å². The van der Waals surface area contributed by atoms with E-state index in [2.05, 4.69) is 45.1 Å². The SMILES string of the molecule is CC(C)(C)C1=C/C(=C\C2CCCC2)C=C1. The van der Waals surface area contributed by atoms with Crippen LogP contribution in [0.5, 0.6) is 0 Å². The fraction of sp³-hybridized carbons (Fsp3) is 0.600. The van der Waals surface area contributed by atoms with Crippen LogP contribution >= 0.6 is 0 Å². The van der Waals surface area contributed by atoms with Gasteiger partial charge in [0.05, 0.1) is 0 Å². The van der Waals surface area contributed by atoms with E-state index in [1.807, 2.05) is 0 Å². The summed E-state index contributed by atoms with van der Waals surface area (Å²) in [7, 11) is 0. The summed E-state index contributed by atoms with van der Waals surface area (Å²) in [5.74, 6) is 0.847. The van der Waals surface area contributed by atoms with Crippen molar-refractivity contribution in [2.24, 2.45) is 11.3 Å². The van der Waals surface area contributed by atoms with Gasteiger partial charge in [0.1, 0.15) is 0 Å². The topological polar surface area (TPSA) is 0 Å². The second-order valence-corrected chi connectivity index (χ2v) is 5.89. The molecule has 1 fully saturated rings. The van der Waals surface area contributed by atoms with Gasteiger partial charge in [-0.15, -0.1) is 0 Å². The predicted octanol–water partition coefficient (Wildman–Crippen LogP) is 4.65. The number of rotatable bonds is 1. The first-order valence-corrected chi connectivity index (χ1v) is 6.18. The quantitative estimate of drug-likeness (QED) is 0.581. The van der Waals surface area contributed by atoms with E-state index in [-0.39, 0.29) is 0 Å². The maximum atomic E-state index is 2.47. The third kappa shape index (κ3) is 2.62. The molecule has 0 heteroatoms. The fourth-order valence-corrected chi connectivity index (χ4v) is 2.43. The number of hydrogen-bond acceptors (Lipinski definition) is 0. The van der Waals surface area contributed by atoms with Gasteiger partial charge in [-0.1, -0.05) is 57.9 Å². The maximum absolute atomic E-state index is 2.47. The van der Waals surface area contributed by atoms with Crippen molar-refractivity contribution in [3.63, 3.8) is 0 Å². The summed E-state index contributed by atoms with van der Waals surface area (Å²) in [5, 5.41) is 0. The molecule has 0 amide bonds. The van der Waals surface area contributed by atoms with Gasteiger partial charge in [-0.2, -0.15) is 0 Å². The fourth-order valence-electron chi connectivity index (χ4n) is 2.43. The molecule has 2 rings (SSSR count). The molecular weight excluding hydrogens is 180 g/mol. The lowest BCUT2D eigenvalue weighted by molar-refractivity contribution is 0.518. The first-order chi connectivity index (χ1) is 7.05. The largest absolute Gasteiger partial charge is 0.0741 e. The Morgan fingerprint density at radius 2 is 1.80 bits per heavy atom. The third-order valence-electron chi connectivity index (χ3n) is 3.47. The van der Waals surface area contributed by atoms with Gasteiger partial charge in [-0.25, -0.2) is 0 Å². The Morgan fingerprint density at radius 1 is 1.13 bits per heavy atom. The van der Waals surface area contributed by atoms with E-state index in [9.17, 15) is 0 Å². The van der Waals surface area contributed by atoms with Crippen molar-refractivity contribution >= 4 is 0 Å². The highest BCUT2D eigenvalue weighted by Gasteiger charge is 2.18. The molecule has 0 bridgehead atoms. The summed E-state index contributed by atoms with van der Waals surface area (Å²) >= 11 is 0. The van der Waals surface area contributed by atoms with Crippen LogP contribution < -0.4 is 0 Å². The Kier molecular flexibility index (Phi) is 2.86. The van der Waals surface area contributed by atoms with Gasteiger partial charge in [0, 0.05) is 0 Å². The predicted molar refractivity (Wildman–Crippen MR) is 66.7 cm³/mol. The highest BCUT2D eigenvalue weighted by atomic mass is 14.2. The zero-order valence-electron chi connectivity index (χ0n) is 10.2. The molecule has 0 unspecified atom stereocenters. The van der Waals surface area contributed by atoms with E-state index >= 15 is 0 Å². The zero-order valence-corrected chi connectivity index (χ0v) is 10.2. The zero-order chi connectivity index (χ0) is 10.9. The summed E-state index contributed by atoms with van der Waals surface area (Å²) in [6.45, 7) is 6.84. The Balaban J connectivity index is 2.08. The molecule has 82 valence electrons. The highest BCUT2D eigenvalue weighted by Crippen LogP contribution is 2.33. The second-order valence-electron chi connectivity index (χ2n) is 5.89. The molecule has 0 aliphatic heterocycles. The van der Waals surface area contributed by atoms with Gasteiger partial charge >= 0.3 is 0 Å². The van der Waals surface area contributed by atoms with Crippen LogP contribution in [0.4, 0.5) is 0 Å². The van der Waals surface area contributed by atoms with E-state index in [0.717, 1.165) is 5.92 Å². The van der Waals surface area contributed by atoms with Crippen LogP contribution in [-0.4, -0.2) is 0 Å². The Morgan fingerprint density at radius 3 is 2.33 bits per heavy atom. The molecule has 0 heterocycles. The van der Waals surface area contributed by atoms with Crippen LogP contribution in [0.25, 0.3) is 0 Å². The average Bonchev–Trinajstić information content (AvgIpc) is 2.73. The normalized spacial score (nSPS) is 25.3. The lowest BCUT2D eigenvalue weighted by atomic mass is 9.87. The maximum Gasteiger partial charge on any atom is -0.0132 e. The van der Waals surface area contributed by atoms with Crippen molar-refractivity contribution in [1.82, 2.24) is 0 Å². The Bertz CT molecular complexity index is 314. The number of hydrogen-bond donors (Lipinski definition) is 0. The molecule has 0 nitrogen and oxygen atoms in total. The smallest absolute Gasteiger partial charge is 0.0132 e. The van der Waals surface area contributed by atoms with Crippen molar-refractivity contribution < 1.29 is 0 Å². The van der Waals surface area contributed by atoms with E-state index in [1.165, 1.54) is 36.8 Å². The van der Waals surface area contributed by atoms with Gasteiger partial charge in [0.2, 0.25) is 0 Å². The van der Waals surface area contributed by atoms with Crippen molar-refractivity contribution in [3.05, 3.63) is 35.5 Å². The minimum absolute atomic E-state index is 0.293. The summed E-state index contributed by atoms with van der Waals surface area (Å²) in [5.41, 5.74) is 3.19. The van der Waals surface area contributed by atoms with E-state index in [1.54, 1.807) is 0 Å². The average molecular weight is 202 g/mol. The first-order valence-electron chi connectivity index (χ1n) is 6.18. The van der Waals surface area contributed by atoms with Gasteiger partial charge < -0.3 is 0 Å². The van der Waals surface area contributed by atoms with Gasteiger partial charge in [0.25, 0.3) is 0 Å². The van der Waals surface area contributed by atoms with Crippen molar-refractivity contribution in [1.29, 1.82) is 0 Å². The van der Waals surface area contributed by atoms with Crippen molar-refractivity contribution in [3.8, 4) is 0 Å². The van der Waals surface area contributed by atoms with Gasteiger partial charge in [-0.3, -0.25) is 0 Å². The molecular formula is C15H22. The molecule has 0 N–H and O–H groups in total. The second kappa shape index (κ2) is 4.00. The van der Waals surface area contributed by atoms with E-state index in [4.69, 9.17) is 0 Å². The van der Waals surface area contributed by atoms with Crippen molar-refractivity contribution in [2.45, 2.75) is 46.5 Å². The van der Waals surface area contributed by atoms with Crippen molar-refractivity contribution in [2.75, 3.05) is 0 Å². The number of allylic oxidation sites excluding steroid dienone is 6. The molecule has 15 heavy (non-hydrogen) atoms. The van der Waals surface area contributed by atoms with E-state index in [0.29, 0.717) is 5.41 Å². The highest BCUT2D eigenvalue weighted by molar-refractivity contribution is 5.48. The molecule has 0 radical (unpaired) electrons. The molecule has 0 atom stereocenters.